The first-order valence-corrected chi connectivity index (χ1v) is 8.23. The van der Waals surface area contributed by atoms with Crippen LogP contribution >= 0.6 is 43.2 Å². The molecule has 0 saturated heterocycles. The number of carbonyl (C=O) groups is 1. The Morgan fingerprint density at radius 2 is 2.35 bits per heavy atom. The summed E-state index contributed by atoms with van der Waals surface area (Å²) >= 11 is 8.40. The van der Waals surface area contributed by atoms with E-state index in [1.54, 1.807) is 17.5 Å². The number of nitrogens with one attached hydrogen (secondary N) is 1. The molecule has 106 valence electrons. The normalized spacial score (nSPS) is 12.2. The molecule has 2 rings (SSSR count). The number of thiophene rings is 1. The third-order valence-electron chi connectivity index (χ3n) is 2.61. The lowest BCUT2D eigenvalue weighted by molar-refractivity contribution is -0.143. The third-order valence-corrected chi connectivity index (χ3v) is 4.55. The molecule has 2 aromatic rings. The molecular weight excluding hydrogens is 408 g/mol. The standard InChI is InChI=1S/C13H12Br2N2O2S/c1-19-13(18)12(17-7-9-3-2-4-20-9)11-10(15)5-8(14)6-16-11/h2-6,12,17H,7H2,1H3. The van der Waals surface area contributed by atoms with Crippen LogP contribution in [0.4, 0.5) is 0 Å². The quantitative estimate of drug-likeness (QED) is 0.751. The van der Waals surface area contributed by atoms with Gasteiger partial charge in [-0.3, -0.25) is 10.3 Å². The number of carbonyl (C=O) groups excluding carboxylic acids is 1. The zero-order valence-corrected chi connectivity index (χ0v) is 14.6. The van der Waals surface area contributed by atoms with Crippen molar-refractivity contribution < 1.29 is 9.53 Å². The number of aromatic nitrogens is 1. The molecular formula is C13H12Br2N2O2S. The van der Waals surface area contributed by atoms with Crippen molar-refractivity contribution in [2.45, 2.75) is 12.6 Å². The second-order valence-corrected chi connectivity index (χ2v) is 6.74. The molecule has 0 fully saturated rings. The predicted octanol–water partition coefficient (Wildman–Crippen LogP) is 3.67. The van der Waals surface area contributed by atoms with Crippen molar-refractivity contribution in [1.82, 2.24) is 10.3 Å². The number of esters is 1. The monoisotopic (exact) mass is 418 g/mol. The van der Waals surface area contributed by atoms with Gasteiger partial charge in [-0.2, -0.15) is 0 Å². The molecule has 1 atom stereocenters. The zero-order chi connectivity index (χ0) is 14.5. The number of halogens is 2. The maximum absolute atomic E-state index is 12.0. The fourth-order valence-electron chi connectivity index (χ4n) is 1.66. The molecule has 0 bridgehead atoms. The molecule has 20 heavy (non-hydrogen) atoms. The number of hydrogen-bond donors (Lipinski definition) is 1. The predicted molar refractivity (Wildman–Crippen MR) is 85.6 cm³/mol. The van der Waals surface area contributed by atoms with Crippen LogP contribution in [0, 0.1) is 0 Å². The lowest BCUT2D eigenvalue weighted by Crippen LogP contribution is -2.30. The highest BCUT2D eigenvalue weighted by Gasteiger charge is 2.24. The summed E-state index contributed by atoms with van der Waals surface area (Å²) in [6.07, 6.45) is 1.66. The van der Waals surface area contributed by atoms with Crippen LogP contribution in [0.25, 0.3) is 0 Å². The molecule has 0 amide bonds. The molecule has 7 heteroatoms. The van der Waals surface area contributed by atoms with Crippen molar-refractivity contribution in [2.24, 2.45) is 0 Å². The van der Waals surface area contributed by atoms with Gasteiger partial charge in [0.15, 0.2) is 0 Å². The summed E-state index contributed by atoms with van der Waals surface area (Å²) in [7, 11) is 1.37. The largest absolute Gasteiger partial charge is 0.468 e. The summed E-state index contributed by atoms with van der Waals surface area (Å²) in [4.78, 5) is 17.4. The molecule has 0 radical (unpaired) electrons. The SMILES string of the molecule is COC(=O)C(NCc1cccs1)c1ncc(Br)cc1Br. The smallest absolute Gasteiger partial charge is 0.329 e. The first kappa shape index (κ1) is 15.6. The van der Waals surface area contributed by atoms with Crippen LogP contribution in [0.3, 0.4) is 0 Å². The Kier molecular flexibility index (Phi) is 5.71. The highest BCUT2D eigenvalue weighted by atomic mass is 79.9. The lowest BCUT2D eigenvalue weighted by atomic mass is 10.2. The molecule has 0 aliphatic heterocycles. The van der Waals surface area contributed by atoms with Crippen LogP contribution in [0.15, 0.2) is 38.7 Å². The van der Waals surface area contributed by atoms with Crippen molar-refractivity contribution in [1.29, 1.82) is 0 Å². The molecule has 0 saturated carbocycles. The second-order valence-electron chi connectivity index (χ2n) is 3.94. The van der Waals surface area contributed by atoms with Gasteiger partial charge < -0.3 is 4.74 Å². The molecule has 0 aliphatic rings. The van der Waals surface area contributed by atoms with Gasteiger partial charge in [-0.25, -0.2) is 4.79 Å². The minimum absolute atomic E-state index is 0.364. The van der Waals surface area contributed by atoms with Gasteiger partial charge in [-0.1, -0.05) is 6.07 Å². The van der Waals surface area contributed by atoms with Crippen molar-refractivity contribution >= 4 is 49.2 Å². The Balaban J connectivity index is 2.20. The van der Waals surface area contributed by atoms with Gasteiger partial charge in [-0.05, 0) is 49.4 Å². The van der Waals surface area contributed by atoms with Crippen molar-refractivity contribution in [2.75, 3.05) is 7.11 Å². The van der Waals surface area contributed by atoms with Crippen molar-refractivity contribution in [3.8, 4) is 0 Å². The first-order chi connectivity index (χ1) is 9.61. The van der Waals surface area contributed by atoms with Crippen LogP contribution in [0.1, 0.15) is 16.6 Å². The number of rotatable bonds is 5. The first-order valence-electron chi connectivity index (χ1n) is 5.76. The Hall–Kier alpha value is -0.760. The fraction of sp³-hybridized carbons (Fsp3) is 0.231. The molecule has 1 N–H and O–H groups in total. The maximum Gasteiger partial charge on any atom is 0.329 e. The van der Waals surface area contributed by atoms with E-state index < -0.39 is 6.04 Å². The minimum Gasteiger partial charge on any atom is -0.468 e. The topological polar surface area (TPSA) is 51.2 Å². The van der Waals surface area contributed by atoms with Gasteiger partial charge in [0.05, 0.1) is 12.8 Å². The number of nitrogens with zero attached hydrogens (tertiary/aromatic N) is 1. The lowest BCUT2D eigenvalue weighted by Gasteiger charge is -2.17. The summed E-state index contributed by atoms with van der Waals surface area (Å²) < 4.78 is 6.44. The summed E-state index contributed by atoms with van der Waals surface area (Å²) in [5.74, 6) is -0.364. The average Bonchev–Trinajstić information content (AvgIpc) is 2.93. The van der Waals surface area contributed by atoms with E-state index in [1.165, 1.54) is 7.11 Å². The molecule has 0 aliphatic carbocycles. The van der Waals surface area contributed by atoms with E-state index in [-0.39, 0.29) is 5.97 Å². The number of hydrogen-bond acceptors (Lipinski definition) is 5. The Bertz CT molecular complexity index is 590. The van der Waals surface area contributed by atoms with E-state index in [0.29, 0.717) is 12.2 Å². The van der Waals surface area contributed by atoms with E-state index in [1.807, 2.05) is 23.6 Å². The number of methoxy groups -OCH3 is 1. The van der Waals surface area contributed by atoms with Gasteiger partial charge in [0.2, 0.25) is 0 Å². The van der Waals surface area contributed by atoms with E-state index in [0.717, 1.165) is 13.8 Å². The van der Waals surface area contributed by atoms with Crippen LogP contribution in [0.5, 0.6) is 0 Å². The number of pyridine rings is 1. The van der Waals surface area contributed by atoms with E-state index in [4.69, 9.17) is 4.74 Å². The summed E-state index contributed by atoms with van der Waals surface area (Å²) in [6, 6.07) is 5.23. The molecule has 1 unspecified atom stereocenters. The molecule has 0 aromatic carbocycles. The van der Waals surface area contributed by atoms with Gasteiger partial charge in [0.1, 0.15) is 6.04 Å². The third kappa shape index (κ3) is 3.88. The highest BCUT2D eigenvalue weighted by molar-refractivity contribution is 9.11. The molecule has 0 spiro atoms. The van der Waals surface area contributed by atoms with E-state index in [9.17, 15) is 4.79 Å². The Labute approximate surface area is 137 Å². The van der Waals surface area contributed by atoms with Crippen LogP contribution in [0.2, 0.25) is 0 Å². The van der Waals surface area contributed by atoms with Crippen molar-refractivity contribution in [3.63, 3.8) is 0 Å². The van der Waals surface area contributed by atoms with E-state index >= 15 is 0 Å². The molecule has 4 nitrogen and oxygen atoms in total. The summed E-state index contributed by atoms with van der Waals surface area (Å²) in [6.45, 7) is 0.585. The second kappa shape index (κ2) is 7.31. The van der Waals surface area contributed by atoms with Crippen LogP contribution < -0.4 is 5.32 Å². The summed E-state index contributed by atoms with van der Waals surface area (Å²) in [5, 5.41) is 5.18. The molecule has 2 aromatic heterocycles. The Morgan fingerprint density at radius 3 is 2.95 bits per heavy atom. The summed E-state index contributed by atoms with van der Waals surface area (Å²) in [5.41, 5.74) is 0.608. The highest BCUT2D eigenvalue weighted by Crippen LogP contribution is 2.26. The van der Waals surface area contributed by atoms with Crippen molar-refractivity contribution in [3.05, 3.63) is 49.3 Å². The molecule has 2 heterocycles. The fourth-order valence-corrected chi connectivity index (χ4v) is 3.54. The van der Waals surface area contributed by atoms with Gasteiger partial charge in [-0.15, -0.1) is 11.3 Å². The minimum atomic E-state index is -0.607. The van der Waals surface area contributed by atoms with Gasteiger partial charge >= 0.3 is 5.97 Å². The zero-order valence-electron chi connectivity index (χ0n) is 10.6. The van der Waals surface area contributed by atoms with E-state index in [2.05, 4.69) is 42.2 Å². The van der Waals surface area contributed by atoms with Crippen LogP contribution in [-0.2, 0) is 16.1 Å². The average molecular weight is 420 g/mol. The number of ether oxygens (including phenoxy) is 1. The Morgan fingerprint density at radius 1 is 1.55 bits per heavy atom. The maximum atomic E-state index is 12.0. The van der Waals surface area contributed by atoms with Gasteiger partial charge in [0.25, 0.3) is 0 Å². The van der Waals surface area contributed by atoms with Gasteiger partial charge in [0, 0.05) is 26.6 Å². The van der Waals surface area contributed by atoms with Crippen LogP contribution in [-0.4, -0.2) is 18.1 Å².